The number of sulfonamides is 1. The fourth-order valence-electron chi connectivity index (χ4n) is 3.05. The van der Waals surface area contributed by atoms with Crippen LogP contribution in [0.5, 0.6) is 0 Å². The predicted octanol–water partition coefficient (Wildman–Crippen LogP) is 2.62. The zero-order valence-corrected chi connectivity index (χ0v) is 15.0. The third kappa shape index (κ3) is 4.76. The molecule has 0 spiro atoms. The summed E-state index contributed by atoms with van der Waals surface area (Å²) in [5.74, 6) is 0.0974. The van der Waals surface area contributed by atoms with E-state index in [4.69, 9.17) is 0 Å². The Morgan fingerprint density at radius 3 is 2.56 bits per heavy atom. The van der Waals surface area contributed by atoms with Gasteiger partial charge >= 0.3 is 0 Å². The molecule has 0 unspecified atom stereocenters. The van der Waals surface area contributed by atoms with Crippen LogP contribution in [0.2, 0.25) is 0 Å². The second-order valence-corrected chi connectivity index (χ2v) is 8.12. The highest BCUT2D eigenvalue weighted by Gasteiger charge is 2.25. The summed E-state index contributed by atoms with van der Waals surface area (Å²) in [6.45, 7) is 3.43. The fourth-order valence-corrected chi connectivity index (χ4v) is 4.52. The number of hydrogen-bond acceptors (Lipinski definition) is 4. The minimum absolute atomic E-state index is 0.127. The number of nitrogens with one attached hydrogen (secondary N) is 1. The monoisotopic (exact) mass is 363 g/mol. The molecule has 1 aliphatic heterocycles. The van der Waals surface area contributed by atoms with Crippen LogP contribution < -0.4 is 9.62 Å². The second kappa shape index (κ2) is 7.49. The van der Waals surface area contributed by atoms with E-state index in [0.29, 0.717) is 12.8 Å². The average molecular weight is 363 g/mol. The van der Waals surface area contributed by atoms with E-state index >= 15 is 0 Å². The summed E-state index contributed by atoms with van der Waals surface area (Å²) in [6.07, 6.45) is 1.40. The molecule has 3 rings (SSSR count). The molecule has 134 valence electrons. The van der Waals surface area contributed by atoms with E-state index in [1.54, 1.807) is 12.1 Å². The molecule has 7 heteroatoms. The van der Waals surface area contributed by atoms with Crippen LogP contribution >= 0.6 is 0 Å². The molecule has 0 atom stereocenters. The highest BCUT2D eigenvalue weighted by Crippen LogP contribution is 2.19. The van der Waals surface area contributed by atoms with Crippen LogP contribution in [0.15, 0.2) is 42.5 Å². The van der Waals surface area contributed by atoms with Crippen molar-refractivity contribution in [2.45, 2.75) is 31.6 Å². The first-order valence-corrected chi connectivity index (χ1v) is 10.0. The second-order valence-electron chi connectivity index (χ2n) is 6.37. The SMILES string of the molecule is Cc1cccc(N2CCC(NS(=O)(=O)Cc3ccccc3F)CC2)n1. The van der Waals surface area contributed by atoms with Crippen molar-refractivity contribution < 1.29 is 12.8 Å². The molecule has 0 bridgehead atoms. The Bertz CT molecular complexity index is 834. The van der Waals surface area contributed by atoms with Gasteiger partial charge in [-0.05, 0) is 38.0 Å². The zero-order valence-electron chi connectivity index (χ0n) is 14.2. The number of nitrogens with zero attached hydrogens (tertiary/aromatic N) is 2. The van der Waals surface area contributed by atoms with Crippen LogP contribution in [-0.2, 0) is 15.8 Å². The molecule has 0 aliphatic carbocycles. The van der Waals surface area contributed by atoms with E-state index in [9.17, 15) is 12.8 Å². The molecule has 25 heavy (non-hydrogen) atoms. The first kappa shape index (κ1) is 17.8. The number of halogens is 1. The molecule has 0 saturated carbocycles. The maximum atomic E-state index is 13.7. The van der Waals surface area contributed by atoms with Crippen molar-refractivity contribution in [1.82, 2.24) is 9.71 Å². The lowest BCUT2D eigenvalue weighted by Crippen LogP contribution is -2.45. The lowest BCUT2D eigenvalue weighted by atomic mass is 10.1. The Morgan fingerprint density at radius 2 is 1.88 bits per heavy atom. The molecule has 1 aliphatic rings. The number of anilines is 1. The summed E-state index contributed by atoms with van der Waals surface area (Å²) in [5.41, 5.74) is 1.15. The number of rotatable bonds is 5. The third-order valence-electron chi connectivity index (χ3n) is 4.34. The molecule has 5 nitrogen and oxygen atoms in total. The number of piperidine rings is 1. The molecule has 0 amide bonds. The van der Waals surface area contributed by atoms with Gasteiger partial charge in [0.25, 0.3) is 0 Å². The molecule has 1 aromatic heterocycles. The molecule has 0 radical (unpaired) electrons. The standard InChI is InChI=1S/C18H22FN3O2S/c1-14-5-4-8-18(20-14)22-11-9-16(10-12-22)21-25(23,24)13-15-6-2-3-7-17(15)19/h2-8,16,21H,9-13H2,1H3. The van der Waals surface area contributed by atoms with Gasteiger partial charge in [-0.25, -0.2) is 22.5 Å². The van der Waals surface area contributed by atoms with Gasteiger partial charge in [-0.15, -0.1) is 0 Å². The molecule has 1 N–H and O–H groups in total. The third-order valence-corrected chi connectivity index (χ3v) is 5.73. The zero-order chi connectivity index (χ0) is 17.9. The van der Waals surface area contributed by atoms with Crippen LogP contribution in [0.25, 0.3) is 0 Å². The Balaban J connectivity index is 1.57. The topological polar surface area (TPSA) is 62.3 Å². The van der Waals surface area contributed by atoms with Gasteiger partial charge in [-0.2, -0.15) is 0 Å². The number of pyridine rings is 1. The lowest BCUT2D eigenvalue weighted by molar-refractivity contribution is 0.457. The number of aryl methyl sites for hydroxylation is 1. The van der Waals surface area contributed by atoms with Crippen LogP contribution in [-0.4, -0.2) is 32.5 Å². The summed E-state index contributed by atoms with van der Waals surface area (Å²) in [7, 11) is -3.57. The van der Waals surface area contributed by atoms with Gasteiger partial charge in [-0.1, -0.05) is 24.3 Å². The highest BCUT2D eigenvalue weighted by molar-refractivity contribution is 7.88. The maximum absolute atomic E-state index is 13.7. The van der Waals surface area contributed by atoms with E-state index < -0.39 is 15.8 Å². The summed E-state index contributed by atoms with van der Waals surface area (Å²) < 4.78 is 41.0. The number of benzene rings is 1. The Kier molecular flexibility index (Phi) is 5.34. The summed E-state index contributed by atoms with van der Waals surface area (Å²) in [6, 6.07) is 11.7. The van der Waals surface area contributed by atoms with Crippen molar-refractivity contribution in [2.75, 3.05) is 18.0 Å². The predicted molar refractivity (Wildman–Crippen MR) is 96.4 cm³/mol. The van der Waals surface area contributed by atoms with E-state index in [1.807, 2.05) is 25.1 Å². The molecule has 2 aromatic rings. The number of aromatic nitrogens is 1. The Hall–Kier alpha value is -1.99. The van der Waals surface area contributed by atoms with Crippen LogP contribution in [0, 0.1) is 12.7 Å². The van der Waals surface area contributed by atoms with E-state index in [2.05, 4.69) is 14.6 Å². The summed E-state index contributed by atoms with van der Waals surface area (Å²) >= 11 is 0. The summed E-state index contributed by atoms with van der Waals surface area (Å²) in [4.78, 5) is 6.67. The smallest absolute Gasteiger partial charge is 0.216 e. The van der Waals surface area contributed by atoms with Gasteiger partial charge in [0.1, 0.15) is 11.6 Å². The highest BCUT2D eigenvalue weighted by atomic mass is 32.2. The quantitative estimate of drug-likeness (QED) is 0.887. The largest absolute Gasteiger partial charge is 0.356 e. The van der Waals surface area contributed by atoms with Crippen molar-refractivity contribution >= 4 is 15.8 Å². The minimum atomic E-state index is -3.57. The lowest BCUT2D eigenvalue weighted by Gasteiger charge is -2.33. The number of hydrogen-bond donors (Lipinski definition) is 1. The van der Waals surface area contributed by atoms with E-state index in [-0.39, 0.29) is 17.4 Å². The van der Waals surface area contributed by atoms with Crippen molar-refractivity contribution in [1.29, 1.82) is 0 Å². The first-order valence-electron chi connectivity index (χ1n) is 8.35. The van der Waals surface area contributed by atoms with E-state index in [1.165, 1.54) is 12.1 Å². The molecule has 2 heterocycles. The van der Waals surface area contributed by atoms with Crippen molar-refractivity contribution in [3.8, 4) is 0 Å². The van der Waals surface area contributed by atoms with Gasteiger partial charge < -0.3 is 4.90 Å². The van der Waals surface area contributed by atoms with Gasteiger partial charge in [-0.3, -0.25) is 0 Å². The van der Waals surface area contributed by atoms with Crippen molar-refractivity contribution in [3.63, 3.8) is 0 Å². The first-order chi connectivity index (χ1) is 11.9. The molecule has 1 saturated heterocycles. The minimum Gasteiger partial charge on any atom is -0.356 e. The fraction of sp³-hybridized carbons (Fsp3) is 0.389. The summed E-state index contributed by atoms with van der Waals surface area (Å²) in [5, 5.41) is 0. The normalized spacial score (nSPS) is 16.2. The van der Waals surface area contributed by atoms with Gasteiger partial charge in [0.2, 0.25) is 10.0 Å². The van der Waals surface area contributed by atoms with Gasteiger partial charge in [0, 0.05) is 30.4 Å². The van der Waals surface area contributed by atoms with Gasteiger partial charge in [0.15, 0.2) is 0 Å². The Morgan fingerprint density at radius 1 is 1.16 bits per heavy atom. The molecular formula is C18H22FN3O2S. The average Bonchev–Trinajstić information content (AvgIpc) is 2.57. The Labute approximate surface area is 147 Å². The molecule has 1 aromatic carbocycles. The van der Waals surface area contributed by atoms with E-state index in [0.717, 1.165) is 24.6 Å². The van der Waals surface area contributed by atoms with Crippen LogP contribution in [0.4, 0.5) is 10.2 Å². The van der Waals surface area contributed by atoms with Crippen molar-refractivity contribution in [2.24, 2.45) is 0 Å². The molecular weight excluding hydrogens is 341 g/mol. The maximum Gasteiger partial charge on any atom is 0.216 e. The van der Waals surface area contributed by atoms with Gasteiger partial charge in [0.05, 0.1) is 5.75 Å². The molecule has 1 fully saturated rings. The van der Waals surface area contributed by atoms with Crippen molar-refractivity contribution in [3.05, 3.63) is 59.5 Å². The van der Waals surface area contributed by atoms with Crippen LogP contribution in [0.1, 0.15) is 24.1 Å². The van der Waals surface area contributed by atoms with Crippen LogP contribution in [0.3, 0.4) is 0 Å².